The lowest BCUT2D eigenvalue weighted by molar-refractivity contribution is 0.377. The van der Waals surface area contributed by atoms with Gasteiger partial charge >= 0.3 is 0 Å². The summed E-state index contributed by atoms with van der Waals surface area (Å²) in [6, 6.07) is 6.38. The fourth-order valence-corrected chi connectivity index (χ4v) is 1.59. The zero-order valence-corrected chi connectivity index (χ0v) is 10.8. The molecule has 0 aliphatic heterocycles. The smallest absolute Gasteiger partial charge is 0.298 e. The van der Waals surface area contributed by atoms with Crippen LogP contribution in [-0.4, -0.2) is 27.1 Å². The number of nitrogens with two attached hydrogens (primary N) is 1. The van der Waals surface area contributed by atoms with E-state index >= 15 is 0 Å². The van der Waals surface area contributed by atoms with Crippen LogP contribution < -0.4 is 19.9 Å². The van der Waals surface area contributed by atoms with Gasteiger partial charge in [0.1, 0.15) is 17.3 Å². The van der Waals surface area contributed by atoms with Crippen molar-refractivity contribution in [2.24, 2.45) is 5.73 Å². The van der Waals surface area contributed by atoms with Gasteiger partial charge in [-0.25, -0.2) is 4.72 Å². The number of ether oxygens (including phenoxy) is 1. The molecule has 4 N–H and O–H groups in total. The normalized spacial score (nSPS) is 10.9. The predicted octanol–water partition coefficient (Wildman–Crippen LogP) is 0.228. The largest absolute Gasteiger partial charge is 0.487 e. The molecule has 0 aromatic heterocycles. The third kappa shape index (κ3) is 4.98. The number of hydrogen-bond acceptors (Lipinski definition) is 4. The Kier molecular flexibility index (Phi) is 4.67. The number of thiocarbonyl (C=S) groups is 1. The van der Waals surface area contributed by atoms with Crippen LogP contribution in [0.3, 0.4) is 0 Å². The number of anilines is 1. The maximum atomic E-state index is 11.2. The van der Waals surface area contributed by atoms with Crippen LogP contribution in [-0.2, 0) is 10.2 Å². The summed E-state index contributed by atoms with van der Waals surface area (Å²) >= 11 is 4.66. The zero-order valence-electron chi connectivity index (χ0n) is 9.14. The molecule has 1 aromatic carbocycles. The Morgan fingerprint density at radius 1 is 1.41 bits per heavy atom. The summed E-state index contributed by atoms with van der Waals surface area (Å²) in [6.07, 6.45) is 0. The first-order chi connectivity index (χ1) is 7.93. The molecule has 0 fully saturated rings. The molecule has 0 heterocycles. The van der Waals surface area contributed by atoms with E-state index in [-0.39, 0.29) is 11.6 Å². The predicted molar refractivity (Wildman–Crippen MR) is 70.3 cm³/mol. The third-order valence-electron chi connectivity index (χ3n) is 1.76. The lowest BCUT2D eigenvalue weighted by Crippen LogP contribution is -2.26. The molecule has 0 aliphatic rings. The Labute approximate surface area is 105 Å². The molecule has 0 saturated carbocycles. The molecule has 1 rings (SSSR count). The van der Waals surface area contributed by atoms with Crippen molar-refractivity contribution in [2.75, 3.05) is 18.4 Å². The Balaban J connectivity index is 2.65. The van der Waals surface area contributed by atoms with Gasteiger partial charge in [0.2, 0.25) is 0 Å². The molecule has 0 bridgehead atoms. The second-order valence-electron chi connectivity index (χ2n) is 3.09. The lowest BCUT2D eigenvalue weighted by atomic mass is 10.3. The first kappa shape index (κ1) is 13.7. The van der Waals surface area contributed by atoms with Crippen LogP contribution in [0.15, 0.2) is 24.3 Å². The molecule has 0 aliphatic carbocycles. The molecule has 0 amide bonds. The fourth-order valence-electron chi connectivity index (χ4n) is 0.980. The van der Waals surface area contributed by atoms with Gasteiger partial charge in [0.05, 0.1) is 0 Å². The summed E-state index contributed by atoms with van der Waals surface area (Å²) in [6.45, 7) is 0.150. The van der Waals surface area contributed by atoms with Crippen molar-refractivity contribution in [3.63, 3.8) is 0 Å². The Bertz CT molecular complexity index is 485. The number of rotatable bonds is 6. The summed E-state index contributed by atoms with van der Waals surface area (Å²) < 4.78 is 32.0. The average Bonchev–Trinajstić information content (AvgIpc) is 2.28. The summed E-state index contributed by atoms with van der Waals surface area (Å²) in [5, 5.41) is 0. The van der Waals surface area contributed by atoms with Gasteiger partial charge in [0, 0.05) is 12.7 Å². The zero-order chi connectivity index (χ0) is 12.9. The molecule has 6 nitrogen and oxygen atoms in total. The van der Waals surface area contributed by atoms with Crippen molar-refractivity contribution in [3.8, 4) is 5.75 Å². The highest BCUT2D eigenvalue weighted by atomic mass is 32.2. The molecule has 0 unspecified atom stereocenters. The van der Waals surface area contributed by atoms with Gasteiger partial charge in [-0.05, 0) is 24.3 Å². The highest BCUT2D eigenvalue weighted by Gasteiger charge is 2.05. The minimum absolute atomic E-state index is 0.150. The number of hydrogen-bond donors (Lipinski definition) is 3. The SMILES string of the molecule is CNS(=O)(=O)Nc1ccc(OCC(N)=S)cc1. The summed E-state index contributed by atoms with van der Waals surface area (Å²) in [4.78, 5) is 0.255. The van der Waals surface area contributed by atoms with Crippen LogP contribution in [0, 0.1) is 0 Å². The van der Waals surface area contributed by atoms with E-state index in [0.29, 0.717) is 11.4 Å². The van der Waals surface area contributed by atoms with E-state index in [1.807, 2.05) is 0 Å². The minimum Gasteiger partial charge on any atom is -0.487 e. The van der Waals surface area contributed by atoms with Gasteiger partial charge in [0.15, 0.2) is 0 Å². The summed E-state index contributed by atoms with van der Waals surface area (Å²) in [5.41, 5.74) is 5.71. The molecule has 0 spiro atoms. The van der Waals surface area contributed by atoms with Gasteiger partial charge in [-0.1, -0.05) is 12.2 Å². The first-order valence-electron chi connectivity index (χ1n) is 4.65. The van der Waals surface area contributed by atoms with Crippen LogP contribution in [0.1, 0.15) is 0 Å². The second-order valence-corrected chi connectivity index (χ2v) is 5.23. The summed E-state index contributed by atoms with van der Waals surface area (Å²) in [5.74, 6) is 0.560. The molecular formula is C9H13N3O3S2. The standard InChI is InChI=1S/C9H13N3O3S2/c1-11-17(13,14)12-7-2-4-8(5-3-7)15-6-9(10)16/h2-5,11-12H,6H2,1H3,(H2,10,16). The monoisotopic (exact) mass is 275 g/mol. The average molecular weight is 275 g/mol. The quantitative estimate of drug-likeness (QED) is 0.646. The van der Waals surface area contributed by atoms with E-state index in [1.165, 1.54) is 7.05 Å². The van der Waals surface area contributed by atoms with E-state index in [1.54, 1.807) is 24.3 Å². The Morgan fingerprint density at radius 3 is 2.47 bits per heavy atom. The maximum absolute atomic E-state index is 11.2. The van der Waals surface area contributed by atoms with E-state index in [4.69, 9.17) is 10.5 Å². The minimum atomic E-state index is -3.49. The van der Waals surface area contributed by atoms with E-state index in [0.717, 1.165) is 0 Å². The lowest BCUT2D eigenvalue weighted by Gasteiger charge is -2.08. The molecule has 0 atom stereocenters. The van der Waals surface area contributed by atoms with Gasteiger partial charge in [-0.15, -0.1) is 0 Å². The van der Waals surface area contributed by atoms with Crippen molar-refractivity contribution in [1.82, 2.24) is 4.72 Å². The number of benzene rings is 1. The third-order valence-corrected chi connectivity index (χ3v) is 2.92. The van der Waals surface area contributed by atoms with E-state index in [9.17, 15) is 8.42 Å². The van der Waals surface area contributed by atoms with Crippen LogP contribution in [0.4, 0.5) is 5.69 Å². The van der Waals surface area contributed by atoms with E-state index < -0.39 is 10.2 Å². The van der Waals surface area contributed by atoms with Gasteiger partial charge < -0.3 is 10.5 Å². The van der Waals surface area contributed by atoms with Crippen molar-refractivity contribution in [2.45, 2.75) is 0 Å². The van der Waals surface area contributed by atoms with Gasteiger partial charge in [-0.3, -0.25) is 4.72 Å². The highest BCUT2D eigenvalue weighted by molar-refractivity contribution is 7.90. The molecular weight excluding hydrogens is 262 g/mol. The van der Waals surface area contributed by atoms with Gasteiger partial charge in [-0.2, -0.15) is 8.42 Å². The van der Waals surface area contributed by atoms with Crippen molar-refractivity contribution >= 4 is 33.1 Å². The van der Waals surface area contributed by atoms with Crippen molar-refractivity contribution in [3.05, 3.63) is 24.3 Å². The van der Waals surface area contributed by atoms with Crippen molar-refractivity contribution < 1.29 is 13.2 Å². The number of nitrogens with one attached hydrogen (secondary N) is 2. The molecule has 0 radical (unpaired) electrons. The molecule has 17 heavy (non-hydrogen) atoms. The highest BCUT2D eigenvalue weighted by Crippen LogP contribution is 2.16. The summed E-state index contributed by atoms with van der Waals surface area (Å²) in [7, 11) is -2.17. The second kappa shape index (κ2) is 5.80. The maximum Gasteiger partial charge on any atom is 0.298 e. The first-order valence-corrected chi connectivity index (χ1v) is 6.54. The van der Waals surface area contributed by atoms with Crippen LogP contribution in [0.25, 0.3) is 0 Å². The molecule has 0 saturated heterocycles. The van der Waals surface area contributed by atoms with E-state index in [2.05, 4.69) is 21.7 Å². The van der Waals surface area contributed by atoms with Gasteiger partial charge in [0.25, 0.3) is 10.2 Å². The van der Waals surface area contributed by atoms with Crippen LogP contribution >= 0.6 is 12.2 Å². The van der Waals surface area contributed by atoms with Crippen LogP contribution in [0.2, 0.25) is 0 Å². The molecule has 8 heteroatoms. The van der Waals surface area contributed by atoms with Crippen LogP contribution in [0.5, 0.6) is 5.75 Å². The molecule has 1 aromatic rings. The topological polar surface area (TPSA) is 93.5 Å². The Hall–Kier alpha value is -1.38. The Morgan fingerprint density at radius 2 is 2.00 bits per heavy atom. The van der Waals surface area contributed by atoms with Crippen molar-refractivity contribution in [1.29, 1.82) is 0 Å². The molecule has 94 valence electrons. The fraction of sp³-hybridized carbons (Fsp3) is 0.222.